The fourth-order valence-corrected chi connectivity index (χ4v) is 3.75. The molecule has 0 spiro atoms. The Kier molecular flexibility index (Phi) is 6.98. The quantitative estimate of drug-likeness (QED) is 0.751. The third kappa shape index (κ3) is 5.76. The van der Waals surface area contributed by atoms with Gasteiger partial charge in [0.15, 0.2) is 6.61 Å². The number of hydrogen-bond acceptors (Lipinski definition) is 3. The van der Waals surface area contributed by atoms with Crippen LogP contribution in [0.1, 0.15) is 30.4 Å². The lowest BCUT2D eigenvalue weighted by Crippen LogP contribution is -2.35. The molecule has 0 unspecified atom stereocenters. The molecule has 1 atom stereocenters. The first-order chi connectivity index (χ1) is 13.5. The van der Waals surface area contributed by atoms with Gasteiger partial charge in [0.1, 0.15) is 17.4 Å². The lowest BCUT2D eigenvalue weighted by molar-refractivity contribution is -0.119. The van der Waals surface area contributed by atoms with Gasteiger partial charge in [-0.15, -0.1) is 0 Å². The summed E-state index contributed by atoms with van der Waals surface area (Å²) in [5.74, 6) is -0.353. The van der Waals surface area contributed by atoms with E-state index in [4.69, 9.17) is 10.5 Å². The monoisotopic (exact) mass is 388 g/mol. The molecule has 0 saturated carbocycles. The highest BCUT2D eigenvalue weighted by Gasteiger charge is 2.21. The van der Waals surface area contributed by atoms with E-state index in [-0.39, 0.29) is 12.2 Å². The maximum Gasteiger partial charge on any atom is 0.255 e. The van der Waals surface area contributed by atoms with Crippen LogP contribution in [0.5, 0.6) is 5.75 Å². The number of hydrogen-bond donors (Lipinski definition) is 1. The summed E-state index contributed by atoms with van der Waals surface area (Å²) in [5, 5.41) is 0. The van der Waals surface area contributed by atoms with Crippen molar-refractivity contribution in [2.45, 2.75) is 32.2 Å². The summed E-state index contributed by atoms with van der Waals surface area (Å²) in [6.45, 7) is 2.64. The van der Waals surface area contributed by atoms with Crippen molar-refractivity contribution in [1.29, 1.82) is 0 Å². The van der Waals surface area contributed by atoms with E-state index in [0.29, 0.717) is 18.1 Å². The molecule has 2 aromatic rings. The second-order valence-electron chi connectivity index (χ2n) is 7.38. The molecule has 1 amide bonds. The van der Waals surface area contributed by atoms with E-state index in [9.17, 15) is 13.6 Å². The van der Waals surface area contributed by atoms with E-state index >= 15 is 0 Å². The number of primary amides is 1. The minimum atomic E-state index is -0.501. The van der Waals surface area contributed by atoms with E-state index in [1.165, 1.54) is 18.2 Å². The number of nitrogens with zero attached hydrogens (tertiary/aromatic N) is 1. The molecule has 28 heavy (non-hydrogen) atoms. The van der Waals surface area contributed by atoms with Crippen LogP contribution in [0, 0.1) is 17.6 Å². The van der Waals surface area contributed by atoms with Gasteiger partial charge in [-0.2, -0.15) is 0 Å². The zero-order valence-corrected chi connectivity index (χ0v) is 15.9. The molecule has 2 aromatic carbocycles. The number of likely N-dealkylation sites (tertiary alicyclic amines) is 1. The van der Waals surface area contributed by atoms with E-state index in [0.717, 1.165) is 44.5 Å². The van der Waals surface area contributed by atoms with E-state index < -0.39 is 17.5 Å². The predicted octanol–water partition coefficient (Wildman–Crippen LogP) is 3.67. The molecule has 1 fully saturated rings. The Labute approximate surface area is 164 Å². The number of nitrogens with two attached hydrogens (primary N) is 1. The number of amides is 1. The zero-order chi connectivity index (χ0) is 19.9. The molecule has 1 aliphatic rings. The van der Waals surface area contributed by atoms with Crippen molar-refractivity contribution in [3.63, 3.8) is 0 Å². The van der Waals surface area contributed by atoms with Gasteiger partial charge in [-0.05, 0) is 68.0 Å². The third-order valence-electron chi connectivity index (χ3n) is 5.18. The SMILES string of the molecule is NC(=O)COc1ccc(CN2CCC[C@@H](CCc3c(F)cccc3F)C2)cc1. The number of piperidine rings is 1. The van der Waals surface area contributed by atoms with Gasteiger partial charge in [0.2, 0.25) is 0 Å². The fraction of sp³-hybridized carbons (Fsp3) is 0.409. The topological polar surface area (TPSA) is 55.6 Å². The minimum Gasteiger partial charge on any atom is -0.484 e. The van der Waals surface area contributed by atoms with Crippen molar-refractivity contribution in [2.24, 2.45) is 11.7 Å². The van der Waals surface area contributed by atoms with Crippen molar-refractivity contribution >= 4 is 5.91 Å². The van der Waals surface area contributed by atoms with E-state index in [1.807, 2.05) is 24.3 Å². The molecule has 0 bridgehead atoms. The Bertz CT molecular complexity index is 775. The van der Waals surface area contributed by atoms with Gasteiger partial charge in [-0.3, -0.25) is 9.69 Å². The lowest BCUT2D eigenvalue weighted by Gasteiger charge is -2.33. The molecule has 6 heteroatoms. The van der Waals surface area contributed by atoms with Crippen LogP contribution in [0.15, 0.2) is 42.5 Å². The first-order valence-electron chi connectivity index (χ1n) is 9.66. The number of halogens is 2. The van der Waals surface area contributed by atoms with Gasteiger partial charge in [-0.25, -0.2) is 8.78 Å². The Morgan fingerprint density at radius 1 is 1.14 bits per heavy atom. The molecule has 0 aromatic heterocycles. The number of rotatable bonds is 8. The molecular formula is C22H26F2N2O2. The van der Waals surface area contributed by atoms with Crippen LogP contribution in [0.4, 0.5) is 8.78 Å². The molecule has 150 valence electrons. The van der Waals surface area contributed by atoms with Crippen molar-refractivity contribution < 1.29 is 18.3 Å². The van der Waals surface area contributed by atoms with Gasteiger partial charge in [-0.1, -0.05) is 18.2 Å². The average molecular weight is 388 g/mol. The van der Waals surface area contributed by atoms with Crippen LogP contribution in [-0.4, -0.2) is 30.5 Å². The minimum absolute atomic E-state index is 0.129. The highest BCUT2D eigenvalue weighted by Crippen LogP contribution is 2.25. The summed E-state index contributed by atoms with van der Waals surface area (Å²) in [5.41, 5.74) is 6.43. The van der Waals surface area contributed by atoms with E-state index in [1.54, 1.807) is 0 Å². The molecule has 3 rings (SSSR count). The maximum atomic E-state index is 13.8. The van der Waals surface area contributed by atoms with Crippen LogP contribution in [0.2, 0.25) is 0 Å². The van der Waals surface area contributed by atoms with Crippen LogP contribution in [0.3, 0.4) is 0 Å². The van der Waals surface area contributed by atoms with Crippen LogP contribution >= 0.6 is 0 Å². The third-order valence-corrected chi connectivity index (χ3v) is 5.18. The number of carbonyl (C=O) groups excluding carboxylic acids is 1. The molecule has 1 aliphatic heterocycles. The Morgan fingerprint density at radius 3 is 2.54 bits per heavy atom. The van der Waals surface area contributed by atoms with Gasteiger partial charge in [0, 0.05) is 18.7 Å². The summed E-state index contributed by atoms with van der Waals surface area (Å²) >= 11 is 0. The van der Waals surface area contributed by atoms with Gasteiger partial charge < -0.3 is 10.5 Å². The molecule has 1 saturated heterocycles. The Morgan fingerprint density at radius 2 is 1.86 bits per heavy atom. The van der Waals surface area contributed by atoms with Gasteiger partial charge in [0.05, 0.1) is 0 Å². The van der Waals surface area contributed by atoms with Crippen molar-refractivity contribution in [3.8, 4) is 5.75 Å². The Hall–Kier alpha value is -2.47. The van der Waals surface area contributed by atoms with Crippen molar-refractivity contribution in [1.82, 2.24) is 4.90 Å². The molecule has 0 radical (unpaired) electrons. The second kappa shape index (κ2) is 9.64. The average Bonchev–Trinajstić information content (AvgIpc) is 2.67. The largest absolute Gasteiger partial charge is 0.484 e. The zero-order valence-electron chi connectivity index (χ0n) is 15.9. The molecule has 0 aliphatic carbocycles. The maximum absolute atomic E-state index is 13.8. The first-order valence-corrected chi connectivity index (χ1v) is 9.66. The standard InChI is InChI=1S/C22H26F2N2O2/c23-20-4-1-5-21(24)19(20)11-8-16-3-2-12-26(13-16)14-17-6-9-18(10-7-17)28-15-22(25)27/h1,4-7,9-10,16H,2-3,8,11-15H2,(H2,25,27)/t16-/m0/s1. The summed E-state index contributed by atoms with van der Waals surface area (Å²) < 4.78 is 32.9. The number of benzene rings is 2. The van der Waals surface area contributed by atoms with Crippen LogP contribution in [-0.2, 0) is 17.8 Å². The number of carbonyl (C=O) groups is 1. The lowest BCUT2D eigenvalue weighted by atomic mass is 9.91. The molecular weight excluding hydrogens is 362 g/mol. The van der Waals surface area contributed by atoms with Crippen LogP contribution in [0.25, 0.3) is 0 Å². The normalized spacial score (nSPS) is 17.4. The molecule has 2 N–H and O–H groups in total. The van der Waals surface area contributed by atoms with E-state index in [2.05, 4.69) is 4.90 Å². The highest BCUT2D eigenvalue weighted by molar-refractivity contribution is 5.75. The molecule has 1 heterocycles. The second-order valence-corrected chi connectivity index (χ2v) is 7.38. The fourth-order valence-electron chi connectivity index (χ4n) is 3.75. The van der Waals surface area contributed by atoms with Crippen molar-refractivity contribution in [3.05, 3.63) is 65.2 Å². The predicted molar refractivity (Wildman–Crippen MR) is 104 cm³/mol. The van der Waals surface area contributed by atoms with Crippen molar-refractivity contribution in [2.75, 3.05) is 19.7 Å². The summed E-state index contributed by atoms with van der Waals surface area (Å²) in [7, 11) is 0. The summed E-state index contributed by atoms with van der Waals surface area (Å²) in [6, 6.07) is 11.7. The van der Waals surface area contributed by atoms with Gasteiger partial charge >= 0.3 is 0 Å². The highest BCUT2D eigenvalue weighted by atomic mass is 19.1. The molecule has 4 nitrogen and oxygen atoms in total. The smallest absolute Gasteiger partial charge is 0.255 e. The summed E-state index contributed by atoms with van der Waals surface area (Å²) in [4.78, 5) is 13.1. The summed E-state index contributed by atoms with van der Waals surface area (Å²) in [6.07, 6.45) is 3.40. The Balaban J connectivity index is 1.50. The van der Waals surface area contributed by atoms with Crippen LogP contribution < -0.4 is 10.5 Å². The van der Waals surface area contributed by atoms with Gasteiger partial charge in [0.25, 0.3) is 5.91 Å². The number of ether oxygens (including phenoxy) is 1. The first kappa shape index (κ1) is 20.3.